The van der Waals surface area contributed by atoms with E-state index in [1.807, 2.05) is 37.3 Å². The number of hydrogen-bond acceptors (Lipinski definition) is 4. The average Bonchev–Trinajstić information content (AvgIpc) is 3.01. The summed E-state index contributed by atoms with van der Waals surface area (Å²) in [5.41, 5.74) is 1.54. The van der Waals surface area contributed by atoms with Crippen molar-refractivity contribution >= 4 is 27.3 Å². The van der Waals surface area contributed by atoms with Gasteiger partial charge in [0.25, 0.3) is 11.8 Å². The lowest BCUT2D eigenvalue weighted by Crippen LogP contribution is -2.36. The molecule has 1 saturated heterocycles. The largest absolute Gasteiger partial charge is 0.348 e. The van der Waals surface area contributed by atoms with Gasteiger partial charge in [0.1, 0.15) is 0 Å². The van der Waals surface area contributed by atoms with Crippen LogP contribution >= 0.6 is 0 Å². The van der Waals surface area contributed by atoms with E-state index in [2.05, 4.69) is 5.32 Å². The van der Waals surface area contributed by atoms with Gasteiger partial charge >= 0.3 is 0 Å². The second-order valence-electron chi connectivity index (χ2n) is 6.54. The van der Waals surface area contributed by atoms with Crippen molar-refractivity contribution in [2.24, 2.45) is 0 Å². The van der Waals surface area contributed by atoms with E-state index >= 15 is 0 Å². The van der Waals surface area contributed by atoms with Gasteiger partial charge in [-0.1, -0.05) is 24.3 Å². The molecule has 0 aromatic heterocycles. The number of anilines is 1. The third-order valence-electron chi connectivity index (χ3n) is 4.57. The number of carbonyl (C=O) groups excluding carboxylic acids is 2. The Hall–Kier alpha value is -2.67. The van der Waals surface area contributed by atoms with Crippen molar-refractivity contribution in [3.63, 3.8) is 0 Å². The number of hydrogen-bond donors (Lipinski definition) is 1. The Balaban J connectivity index is 1.76. The van der Waals surface area contributed by atoms with Crippen molar-refractivity contribution in [1.82, 2.24) is 5.32 Å². The number of nitrogens with one attached hydrogen (secondary N) is 1. The number of sulfone groups is 1. The lowest BCUT2D eigenvalue weighted by Gasteiger charge is -2.21. The number of rotatable bonds is 5. The van der Waals surface area contributed by atoms with Crippen molar-refractivity contribution in [3.05, 3.63) is 65.7 Å². The summed E-state index contributed by atoms with van der Waals surface area (Å²) in [5, 5.41) is 2.75. The predicted molar refractivity (Wildman–Crippen MR) is 105 cm³/mol. The molecular weight excluding hydrogens is 364 g/mol. The molecule has 0 bridgehead atoms. The molecule has 1 heterocycles. The summed E-state index contributed by atoms with van der Waals surface area (Å²) in [5.74, 6) is -0.495. The molecule has 2 aromatic rings. The second-order valence-corrected chi connectivity index (χ2v) is 8.77. The van der Waals surface area contributed by atoms with Crippen molar-refractivity contribution in [1.29, 1.82) is 0 Å². The third-order valence-corrected chi connectivity index (χ3v) is 6.34. The van der Waals surface area contributed by atoms with Crippen LogP contribution in [0.2, 0.25) is 0 Å². The number of amides is 2. The minimum absolute atomic E-state index is 0.0328. The Morgan fingerprint density at radius 2 is 1.78 bits per heavy atom. The van der Waals surface area contributed by atoms with Gasteiger partial charge in [-0.3, -0.25) is 9.59 Å². The summed E-state index contributed by atoms with van der Waals surface area (Å²) in [7, 11) is -3.07. The molecule has 27 heavy (non-hydrogen) atoms. The fourth-order valence-corrected chi connectivity index (χ4v) is 4.85. The highest BCUT2D eigenvalue weighted by molar-refractivity contribution is 7.91. The molecule has 1 atom stereocenters. The molecule has 1 fully saturated rings. The average molecular weight is 386 g/mol. The quantitative estimate of drug-likeness (QED) is 0.854. The van der Waals surface area contributed by atoms with Gasteiger partial charge in [0.05, 0.1) is 11.5 Å². The van der Waals surface area contributed by atoms with Gasteiger partial charge in [0.2, 0.25) is 0 Å². The zero-order valence-corrected chi connectivity index (χ0v) is 15.9. The lowest BCUT2D eigenvalue weighted by atomic mass is 10.1. The van der Waals surface area contributed by atoms with Gasteiger partial charge in [0.15, 0.2) is 9.84 Å². The molecule has 2 aromatic carbocycles. The molecule has 1 aliphatic rings. The molecule has 0 spiro atoms. The van der Waals surface area contributed by atoms with Crippen LogP contribution in [0.25, 0.3) is 0 Å². The molecule has 0 aliphatic carbocycles. The number of benzene rings is 2. The highest BCUT2D eigenvalue weighted by atomic mass is 32.2. The Labute approximate surface area is 159 Å². The van der Waals surface area contributed by atoms with E-state index in [1.54, 1.807) is 29.2 Å². The first kappa shape index (κ1) is 19.1. The minimum atomic E-state index is -3.07. The third kappa shape index (κ3) is 4.54. The Kier molecular flexibility index (Phi) is 5.60. The van der Waals surface area contributed by atoms with Gasteiger partial charge in [-0.2, -0.15) is 0 Å². The molecule has 3 rings (SSSR count). The van der Waals surface area contributed by atoms with Crippen LogP contribution in [0.1, 0.15) is 34.1 Å². The molecule has 1 N–H and O–H groups in total. The van der Waals surface area contributed by atoms with Crippen LogP contribution in [0.15, 0.2) is 54.6 Å². The molecule has 0 saturated carbocycles. The molecule has 2 amide bonds. The van der Waals surface area contributed by atoms with Crippen molar-refractivity contribution < 1.29 is 18.0 Å². The van der Waals surface area contributed by atoms with Crippen LogP contribution in [0.3, 0.4) is 0 Å². The zero-order chi connectivity index (χ0) is 19.4. The Morgan fingerprint density at radius 1 is 1.07 bits per heavy atom. The van der Waals surface area contributed by atoms with Crippen LogP contribution in [-0.4, -0.2) is 44.3 Å². The monoisotopic (exact) mass is 386 g/mol. The van der Waals surface area contributed by atoms with E-state index in [1.165, 1.54) is 0 Å². The van der Waals surface area contributed by atoms with Crippen LogP contribution < -0.4 is 10.2 Å². The van der Waals surface area contributed by atoms with Gasteiger partial charge in [-0.05, 0) is 43.7 Å². The summed E-state index contributed by atoms with van der Waals surface area (Å²) in [6.07, 6.45) is 0.421. The molecule has 6 nitrogen and oxygen atoms in total. The Morgan fingerprint density at radius 3 is 2.41 bits per heavy atom. The molecule has 0 radical (unpaired) electrons. The predicted octanol–water partition coefficient (Wildman–Crippen LogP) is 2.27. The summed E-state index contributed by atoms with van der Waals surface area (Å²) < 4.78 is 23.1. The van der Waals surface area contributed by atoms with E-state index in [-0.39, 0.29) is 29.4 Å². The van der Waals surface area contributed by atoms with E-state index in [0.717, 1.165) is 5.69 Å². The first-order valence-corrected chi connectivity index (χ1v) is 10.7. The van der Waals surface area contributed by atoms with Crippen LogP contribution in [0.4, 0.5) is 5.69 Å². The number of para-hydroxylation sites is 1. The molecule has 1 aliphatic heterocycles. The normalized spacial score (nSPS) is 18.0. The topological polar surface area (TPSA) is 83.6 Å². The van der Waals surface area contributed by atoms with Crippen molar-refractivity contribution in [2.75, 3.05) is 23.0 Å². The maximum absolute atomic E-state index is 12.9. The maximum Gasteiger partial charge on any atom is 0.258 e. The molecule has 7 heteroatoms. The summed E-state index contributed by atoms with van der Waals surface area (Å²) in [6, 6.07) is 15.5. The first-order chi connectivity index (χ1) is 12.9. The van der Waals surface area contributed by atoms with Crippen LogP contribution in [-0.2, 0) is 9.84 Å². The van der Waals surface area contributed by atoms with Gasteiger partial charge < -0.3 is 10.2 Å². The summed E-state index contributed by atoms with van der Waals surface area (Å²) in [6.45, 7) is 2.39. The van der Waals surface area contributed by atoms with E-state index < -0.39 is 9.84 Å². The number of carbonyl (C=O) groups is 2. The van der Waals surface area contributed by atoms with E-state index in [9.17, 15) is 18.0 Å². The van der Waals surface area contributed by atoms with Gasteiger partial charge in [-0.15, -0.1) is 0 Å². The van der Waals surface area contributed by atoms with E-state index in [4.69, 9.17) is 0 Å². The maximum atomic E-state index is 12.9. The van der Waals surface area contributed by atoms with Gasteiger partial charge in [0, 0.05) is 29.4 Å². The molecule has 1 unspecified atom stereocenters. The second kappa shape index (κ2) is 7.92. The smallest absolute Gasteiger partial charge is 0.258 e. The van der Waals surface area contributed by atoms with E-state index in [0.29, 0.717) is 24.1 Å². The highest BCUT2D eigenvalue weighted by Gasteiger charge is 2.29. The number of nitrogens with zero attached hydrogens (tertiary/aromatic N) is 1. The fourth-order valence-electron chi connectivity index (χ4n) is 3.18. The first-order valence-electron chi connectivity index (χ1n) is 8.88. The van der Waals surface area contributed by atoms with Gasteiger partial charge in [-0.25, -0.2) is 8.42 Å². The lowest BCUT2D eigenvalue weighted by molar-refractivity contribution is 0.0941. The molecular formula is C20H22N2O4S. The summed E-state index contributed by atoms with van der Waals surface area (Å²) >= 11 is 0. The SMILES string of the molecule is CCN(C(=O)c1cccc(C(=O)NC2CCS(=O)(=O)C2)c1)c1ccccc1. The van der Waals surface area contributed by atoms with Crippen LogP contribution in [0, 0.1) is 0 Å². The Bertz CT molecular complexity index is 941. The summed E-state index contributed by atoms with van der Waals surface area (Å²) in [4.78, 5) is 27.0. The zero-order valence-electron chi connectivity index (χ0n) is 15.1. The highest BCUT2D eigenvalue weighted by Crippen LogP contribution is 2.18. The van der Waals surface area contributed by atoms with Crippen LogP contribution in [0.5, 0.6) is 0 Å². The van der Waals surface area contributed by atoms with Crippen molar-refractivity contribution in [2.45, 2.75) is 19.4 Å². The van der Waals surface area contributed by atoms with Crippen molar-refractivity contribution in [3.8, 4) is 0 Å². The molecule has 142 valence electrons. The fraction of sp³-hybridized carbons (Fsp3) is 0.300. The standard InChI is InChI=1S/C20H22N2O4S/c1-2-22(18-9-4-3-5-10-18)20(24)16-8-6-7-15(13-16)19(23)21-17-11-12-27(25,26)14-17/h3-10,13,17H,2,11-12,14H2,1H3,(H,21,23). The minimum Gasteiger partial charge on any atom is -0.348 e.